The van der Waals surface area contributed by atoms with Gasteiger partial charge in [0.1, 0.15) is 12.9 Å². The summed E-state index contributed by atoms with van der Waals surface area (Å²) in [7, 11) is 0. The number of nitrogens with two attached hydrogens (primary N) is 2. The average Bonchev–Trinajstić information content (AvgIpc) is 2.95. The third-order valence-corrected chi connectivity index (χ3v) is 5.35. The maximum atomic E-state index is 12.0. The molecule has 0 aromatic carbocycles. The van der Waals surface area contributed by atoms with E-state index in [1.54, 1.807) is 0 Å². The first-order valence-electron chi connectivity index (χ1n) is 14.3. The van der Waals surface area contributed by atoms with Crippen LogP contribution in [0.4, 0.5) is 0 Å². The van der Waals surface area contributed by atoms with E-state index in [0.29, 0.717) is 112 Å². The summed E-state index contributed by atoms with van der Waals surface area (Å²) in [6, 6.07) is -0.474. The third-order valence-electron chi connectivity index (χ3n) is 5.35. The average molecular weight is 582 g/mol. The van der Waals surface area contributed by atoms with Gasteiger partial charge in [0, 0.05) is 18.5 Å². The molecule has 1 amide bonds. The number of nitrogens with one attached hydrogen (secondary N) is 1. The highest BCUT2D eigenvalue weighted by Gasteiger charge is 2.26. The van der Waals surface area contributed by atoms with Crippen molar-refractivity contribution in [1.82, 2.24) is 5.32 Å². The summed E-state index contributed by atoms with van der Waals surface area (Å²) in [5.74, 6) is -0.318. The number of hydrogen-bond acceptors (Lipinski definition) is 12. The predicted molar refractivity (Wildman–Crippen MR) is 150 cm³/mol. The van der Waals surface area contributed by atoms with E-state index in [0.717, 1.165) is 19.1 Å². The van der Waals surface area contributed by atoms with Crippen LogP contribution in [0.25, 0.3) is 0 Å². The van der Waals surface area contributed by atoms with Gasteiger partial charge in [-0.25, -0.2) is 0 Å². The van der Waals surface area contributed by atoms with Crippen molar-refractivity contribution in [3.05, 3.63) is 0 Å². The van der Waals surface area contributed by atoms with Crippen LogP contribution < -0.4 is 16.8 Å². The van der Waals surface area contributed by atoms with Gasteiger partial charge in [-0.2, -0.15) is 0 Å². The largest absolute Gasteiger partial charge is 0.378 e. The van der Waals surface area contributed by atoms with Gasteiger partial charge in [-0.1, -0.05) is 26.7 Å². The number of carbonyl (C=O) groups excluding carboxylic acids is 2. The van der Waals surface area contributed by atoms with Gasteiger partial charge >= 0.3 is 0 Å². The first-order chi connectivity index (χ1) is 19.5. The lowest BCUT2D eigenvalue weighted by atomic mass is 9.94. The molecule has 1 atom stereocenters. The van der Waals surface area contributed by atoms with E-state index in [-0.39, 0.29) is 19.1 Å². The summed E-state index contributed by atoms with van der Waals surface area (Å²) in [6.45, 7) is 11.4. The topological polar surface area (TPSA) is 172 Å². The van der Waals surface area contributed by atoms with Gasteiger partial charge in [0.25, 0.3) is 0 Å². The van der Waals surface area contributed by atoms with Gasteiger partial charge in [0.05, 0.1) is 105 Å². The minimum Gasteiger partial charge on any atom is -0.378 e. The molecule has 0 saturated heterocycles. The molecule has 1 unspecified atom stereocenters. The summed E-state index contributed by atoms with van der Waals surface area (Å²) in [4.78, 5) is 23.1. The number of aldehydes is 1. The highest BCUT2D eigenvalue weighted by molar-refractivity contribution is 5.80. The molecule has 13 heteroatoms. The molecule has 0 fully saturated rings. The molecule has 0 radical (unpaired) electrons. The van der Waals surface area contributed by atoms with Gasteiger partial charge in [0.2, 0.25) is 5.91 Å². The van der Waals surface area contributed by atoms with Crippen molar-refractivity contribution in [3.63, 3.8) is 0 Å². The van der Waals surface area contributed by atoms with Crippen LogP contribution in [0.5, 0.6) is 0 Å². The molecule has 0 aliphatic carbocycles. The van der Waals surface area contributed by atoms with Crippen LogP contribution >= 0.6 is 0 Å². The number of ether oxygens (including phenoxy) is 8. The van der Waals surface area contributed by atoms with Crippen molar-refractivity contribution >= 4 is 12.2 Å². The van der Waals surface area contributed by atoms with Crippen molar-refractivity contribution in [2.45, 2.75) is 39.2 Å². The lowest BCUT2D eigenvalue weighted by Crippen LogP contribution is -2.38. The van der Waals surface area contributed by atoms with Crippen molar-refractivity contribution in [2.75, 3.05) is 119 Å². The Morgan fingerprint density at radius 2 is 1.10 bits per heavy atom. The number of hydrogen-bond donors (Lipinski definition) is 3. The maximum absolute atomic E-state index is 12.0. The molecule has 0 aliphatic heterocycles. The smallest absolute Gasteiger partial charge is 0.246 e. The van der Waals surface area contributed by atoms with Gasteiger partial charge in [-0.15, -0.1) is 0 Å². The number of rotatable bonds is 32. The Labute approximate surface area is 240 Å². The minimum absolute atomic E-state index is 0.127. The van der Waals surface area contributed by atoms with Crippen LogP contribution in [-0.2, 0) is 47.5 Å². The Bertz CT molecular complexity index is 553. The quantitative estimate of drug-likeness (QED) is 0.0714. The second-order valence-corrected chi connectivity index (χ2v) is 9.50. The lowest BCUT2D eigenvalue weighted by Gasteiger charge is -2.29. The first-order valence-corrected chi connectivity index (χ1v) is 14.3. The summed E-state index contributed by atoms with van der Waals surface area (Å²) in [5, 5.41) is 2.67. The molecule has 13 nitrogen and oxygen atoms in total. The highest BCUT2D eigenvalue weighted by Crippen LogP contribution is 2.18. The molecule has 238 valence electrons. The number of carbonyl (C=O) groups is 2. The van der Waals surface area contributed by atoms with Crippen molar-refractivity contribution in [2.24, 2.45) is 16.9 Å². The molecular formula is C27H55N3O10. The van der Waals surface area contributed by atoms with Gasteiger partial charge in [0.15, 0.2) is 0 Å². The molecule has 0 saturated carbocycles. The second-order valence-electron chi connectivity index (χ2n) is 9.50. The van der Waals surface area contributed by atoms with Crippen LogP contribution in [0.15, 0.2) is 0 Å². The van der Waals surface area contributed by atoms with E-state index in [1.165, 1.54) is 0 Å². The zero-order chi connectivity index (χ0) is 29.6. The normalized spacial score (nSPS) is 12.5. The predicted octanol–water partition coefficient (Wildman–Crippen LogP) is -0.0832. The first kappa shape index (κ1) is 38.7. The molecule has 40 heavy (non-hydrogen) atoms. The van der Waals surface area contributed by atoms with E-state index in [9.17, 15) is 9.59 Å². The van der Waals surface area contributed by atoms with Crippen LogP contribution in [-0.4, -0.2) is 137 Å². The van der Waals surface area contributed by atoms with E-state index >= 15 is 0 Å². The van der Waals surface area contributed by atoms with Crippen LogP contribution in [0, 0.1) is 5.41 Å². The SMILES string of the molecule is CCCCC(C=O)NC(=O)COCCOCC(C)(COCCOCCOCCN)COCCOCCOCCN. The third kappa shape index (κ3) is 25.7. The van der Waals surface area contributed by atoms with Gasteiger partial charge < -0.3 is 59.5 Å². The fourth-order valence-electron chi connectivity index (χ4n) is 3.26. The summed E-state index contributed by atoms with van der Waals surface area (Å²) < 4.78 is 44.4. The molecule has 5 N–H and O–H groups in total. The Balaban J connectivity index is 4.27. The maximum Gasteiger partial charge on any atom is 0.246 e. The highest BCUT2D eigenvalue weighted by atomic mass is 16.6. The molecule has 0 aromatic heterocycles. The van der Waals surface area contributed by atoms with Gasteiger partial charge in [-0.3, -0.25) is 4.79 Å². The lowest BCUT2D eigenvalue weighted by molar-refractivity contribution is -0.129. The molecule has 0 aromatic rings. The van der Waals surface area contributed by atoms with Crippen molar-refractivity contribution in [1.29, 1.82) is 0 Å². The monoisotopic (exact) mass is 581 g/mol. The Morgan fingerprint density at radius 3 is 1.50 bits per heavy atom. The van der Waals surface area contributed by atoms with Crippen LogP contribution in [0.2, 0.25) is 0 Å². The second kappa shape index (κ2) is 29.2. The summed E-state index contributed by atoms with van der Waals surface area (Å²) >= 11 is 0. The standard InChI is InChI=1S/C27H55N3O10/c1-3-4-5-25(20-31)30-26(32)21-37-16-19-40-24-27(2,22-38-17-14-35-12-10-33-8-6-28)23-39-18-15-36-13-11-34-9-7-29/h20,25H,3-19,21-24,28-29H2,1-2H3,(H,30,32). The summed E-state index contributed by atoms with van der Waals surface area (Å²) in [6.07, 6.45) is 3.22. The molecule has 0 spiro atoms. The molecule has 0 rings (SSSR count). The zero-order valence-electron chi connectivity index (χ0n) is 24.7. The van der Waals surface area contributed by atoms with E-state index < -0.39 is 11.5 Å². The minimum atomic E-state index is -0.474. The molecular weight excluding hydrogens is 526 g/mol. The number of unbranched alkanes of at least 4 members (excludes halogenated alkanes) is 1. The van der Waals surface area contributed by atoms with Crippen molar-refractivity contribution < 1.29 is 47.5 Å². The van der Waals surface area contributed by atoms with Crippen molar-refractivity contribution in [3.8, 4) is 0 Å². The number of amides is 1. The van der Waals surface area contributed by atoms with Gasteiger partial charge in [-0.05, 0) is 6.42 Å². The van der Waals surface area contributed by atoms with Crippen LogP contribution in [0.1, 0.15) is 33.1 Å². The summed E-state index contributed by atoms with van der Waals surface area (Å²) in [5.41, 5.74) is 10.3. The van der Waals surface area contributed by atoms with E-state index in [1.807, 2.05) is 13.8 Å². The van der Waals surface area contributed by atoms with E-state index in [4.69, 9.17) is 49.4 Å². The Hall–Kier alpha value is -1.26. The van der Waals surface area contributed by atoms with E-state index in [2.05, 4.69) is 5.32 Å². The Kier molecular flexibility index (Phi) is 28.3. The fraction of sp³-hybridized carbons (Fsp3) is 0.926. The molecule has 0 bridgehead atoms. The molecule has 0 aliphatic rings. The molecule has 0 heterocycles. The Morgan fingerprint density at radius 1 is 0.700 bits per heavy atom. The van der Waals surface area contributed by atoms with Crippen LogP contribution in [0.3, 0.4) is 0 Å². The fourth-order valence-corrected chi connectivity index (χ4v) is 3.26. The zero-order valence-corrected chi connectivity index (χ0v) is 24.7.